The minimum absolute atomic E-state index is 0.0939. The first-order chi connectivity index (χ1) is 10.9. The van der Waals surface area contributed by atoms with Crippen molar-refractivity contribution in [2.45, 2.75) is 11.8 Å². The Bertz CT molecular complexity index is 879. The third-order valence-electron chi connectivity index (χ3n) is 3.13. The van der Waals surface area contributed by atoms with Crippen LogP contribution >= 0.6 is 0 Å². The van der Waals surface area contributed by atoms with Gasteiger partial charge in [-0.3, -0.25) is 4.79 Å². The number of aryl methyl sites for hydroxylation is 1. The van der Waals surface area contributed by atoms with Gasteiger partial charge in [-0.05, 0) is 36.8 Å². The molecular formula is C17H16N2O3S. The number of nitrogens with two attached hydrogens (primary N) is 1. The van der Waals surface area contributed by atoms with Crippen LogP contribution in [0.3, 0.4) is 0 Å². The quantitative estimate of drug-likeness (QED) is 0.835. The van der Waals surface area contributed by atoms with Crippen molar-refractivity contribution in [1.82, 2.24) is 5.32 Å². The largest absolute Gasteiger partial charge is 0.341 e. The smallest absolute Gasteiger partial charge is 0.252 e. The Labute approximate surface area is 135 Å². The van der Waals surface area contributed by atoms with Crippen LogP contribution in [0.15, 0.2) is 53.4 Å². The van der Waals surface area contributed by atoms with E-state index >= 15 is 0 Å². The van der Waals surface area contributed by atoms with Crippen molar-refractivity contribution in [3.63, 3.8) is 0 Å². The van der Waals surface area contributed by atoms with Gasteiger partial charge in [0.1, 0.15) is 0 Å². The molecule has 118 valence electrons. The molecule has 2 aromatic carbocycles. The standard InChI is InChI=1S/C17H16N2O3S/c1-13-9-10-15(23(18,21)22)12-16(13)17(20)19-11-5-8-14-6-3-2-4-7-14/h2-4,6-7,9-10,12H,11H2,1H3,(H,19,20)(H2,18,21,22). The van der Waals surface area contributed by atoms with E-state index in [9.17, 15) is 13.2 Å². The lowest BCUT2D eigenvalue weighted by atomic mass is 10.1. The predicted octanol–water partition coefficient (Wildman–Crippen LogP) is 1.42. The van der Waals surface area contributed by atoms with Gasteiger partial charge in [0.25, 0.3) is 5.91 Å². The van der Waals surface area contributed by atoms with Crippen LogP contribution < -0.4 is 10.5 Å². The highest BCUT2D eigenvalue weighted by atomic mass is 32.2. The van der Waals surface area contributed by atoms with Gasteiger partial charge in [0.05, 0.1) is 11.4 Å². The highest BCUT2D eigenvalue weighted by Crippen LogP contribution is 2.14. The maximum atomic E-state index is 12.1. The molecule has 0 heterocycles. The SMILES string of the molecule is Cc1ccc(S(N)(=O)=O)cc1C(=O)NCC#Cc1ccccc1. The van der Waals surface area contributed by atoms with Crippen LogP contribution in [0.4, 0.5) is 0 Å². The van der Waals surface area contributed by atoms with Gasteiger partial charge in [-0.2, -0.15) is 0 Å². The third-order valence-corrected chi connectivity index (χ3v) is 4.04. The minimum Gasteiger partial charge on any atom is -0.341 e. The zero-order valence-corrected chi connectivity index (χ0v) is 13.4. The molecule has 0 spiro atoms. The summed E-state index contributed by atoms with van der Waals surface area (Å²) >= 11 is 0. The first kappa shape index (κ1) is 16.7. The molecule has 0 aliphatic heterocycles. The summed E-state index contributed by atoms with van der Waals surface area (Å²) in [6.45, 7) is 1.88. The van der Waals surface area contributed by atoms with Crippen molar-refractivity contribution in [2.75, 3.05) is 6.54 Å². The average molecular weight is 328 g/mol. The van der Waals surface area contributed by atoms with Crippen molar-refractivity contribution >= 4 is 15.9 Å². The van der Waals surface area contributed by atoms with Crippen molar-refractivity contribution in [2.24, 2.45) is 5.14 Å². The Balaban J connectivity index is 2.08. The fourth-order valence-corrected chi connectivity index (χ4v) is 2.45. The van der Waals surface area contributed by atoms with E-state index < -0.39 is 15.9 Å². The van der Waals surface area contributed by atoms with E-state index in [1.807, 2.05) is 30.3 Å². The topological polar surface area (TPSA) is 89.3 Å². The van der Waals surface area contributed by atoms with Crippen LogP contribution in [0.5, 0.6) is 0 Å². The van der Waals surface area contributed by atoms with Crippen molar-refractivity contribution < 1.29 is 13.2 Å². The molecule has 23 heavy (non-hydrogen) atoms. The van der Waals surface area contributed by atoms with Crippen LogP contribution in [-0.2, 0) is 10.0 Å². The normalized spacial score (nSPS) is 10.5. The fourth-order valence-electron chi connectivity index (χ4n) is 1.91. The highest BCUT2D eigenvalue weighted by molar-refractivity contribution is 7.89. The van der Waals surface area contributed by atoms with Gasteiger partial charge >= 0.3 is 0 Å². The number of carbonyl (C=O) groups excluding carboxylic acids is 1. The molecule has 1 amide bonds. The molecule has 0 radical (unpaired) electrons. The Kier molecular flexibility index (Phi) is 5.16. The summed E-state index contributed by atoms with van der Waals surface area (Å²) in [7, 11) is -3.84. The summed E-state index contributed by atoms with van der Waals surface area (Å²) in [5.41, 5.74) is 1.78. The molecule has 6 heteroatoms. The maximum absolute atomic E-state index is 12.1. The van der Waals surface area contributed by atoms with Crippen molar-refractivity contribution in [3.8, 4) is 11.8 Å². The lowest BCUT2D eigenvalue weighted by Gasteiger charge is -2.07. The summed E-state index contributed by atoms with van der Waals surface area (Å²) in [6, 6.07) is 13.6. The predicted molar refractivity (Wildman–Crippen MR) is 88.2 cm³/mol. The monoisotopic (exact) mass is 328 g/mol. The molecule has 2 aromatic rings. The number of benzene rings is 2. The van der Waals surface area contributed by atoms with Gasteiger partial charge in [-0.25, -0.2) is 13.6 Å². The molecule has 0 unspecified atom stereocenters. The maximum Gasteiger partial charge on any atom is 0.252 e. The average Bonchev–Trinajstić information content (AvgIpc) is 2.51. The number of amides is 1. The third kappa shape index (κ3) is 4.68. The Morgan fingerprint density at radius 2 is 1.87 bits per heavy atom. The number of sulfonamides is 1. The molecule has 0 aliphatic carbocycles. The zero-order valence-electron chi connectivity index (χ0n) is 12.5. The van der Waals surface area contributed by atoms with Crippen molar-refractivity contribution in [3.05, 3.63) is 65.2 Å². The van der Waals surface area contributed by atoms with E-state index in [-0.39, 0.29) is 17.0 Å². The van der Waals surface area contributed by atoms with E-state index in [0.29, 0.717) is 5.56 Å². The second-order valence-corrected chi connectivity index (χ2v) is 6.43. The number of hydrogen-bond acceptors (Lipinski definition) is 3. The molecule has 2 rings (SSSR count). The Morgan fingerprint density at radius 3 is 2.52 bits per heavy atom. The lowest BCUT2D eigenvalue weighted by molar-refractivity contribution is 0.0958. The minimum atomic E-state index is -3.84. The molecule has 0 saturated carbocycles. The summed E-state index contributed by atoms with van der Waals surface area (Å²) in [6.07, 6.45) is 0. The lowest BCUT2D eigenvalue weighted by Crippen LogP contribution is -2.25. The number of hydrogen-bond donors (Lipinski definition) is 2. The van der Waals surface area contributed by atoms with E-state index in [2.05, 4.69) is 17.2 Å². The molecule has 0 fully saturated rings. The second kappa shape index (κ2) is 7.09. The van der Waals surface area contributed by atoms with Gasteiger partial charge in [0.2, 0.25) is 10.0 Å². The molecule has 0 aromatic heterocycles. The number of rotatable bonds is 3. The van der Waals surface area contributed by atoms with Gasteiger partial charge in [-0.15, -0.1) is 0 Å². The number of carbonyl (C=O) groups is 1. The zero-order chi connectivity index (χ0) is 16.9. The number of primary sulfonamides is 1. The first-order valence-corrected chi connectivity index (χ1v) is 8.38. The Morgan fingerprint density at radius 1 is 1.17 bits per heavy atom. The van der Waals surface area contributed by atoms with E-state index in [1.54, 1.807) is 13.0 Å². The molecule has 0 atom stereocenters. The summed E-state index contributed by atoms with van der Waals surface area (Å²) in [4.78, 5) is 12.0. The fraction of sp³-hybridized carbons (Fsp3) is 0.118. The molecule has 5 nitrogen and oxygen atoms in total. The summed E-state index contributed by atoms with van der Waals surface area (Å²) < 4.78 is 22.7. The molecular weight excluding hydrogens is 312 g/mol. The molecule has 0 bridgehead atoms. The van der Waals surface area contributed by atoms with Gasteiger partial charge in [-0.1, -0.05) is 36.1 Å². The summed E-state index contributed by atoms with van der Waals surface area (Å²) in [5, 5.41) is 7.72. The van der Waals surface area contributed by atoms with Crippen LogP contribution in [0.25, 0.3) is 0 Å². The van der Waals surface area contributed by atoms with Crippen molar-refractivity contribution in [1.29, 1.82) is 0 Å². The van der Waals surface area contributed by atoms with Crippen LogP contribution in [-0.4, -0.2) is 20.9 Å². The molecule has 3 N–H and O–H groups in total. The molecule has 0 aliphatic rings. The summed E-state index contributed by atoms with van der Waals surface area (Å²) in [5.74, 6) is 5.37. The van der Waals surface area contributed by atoms with Gasteiger partial charge < -0.3 is 5.32 Å². The molecule has 0 saturated heterocycles. The van der Waals surface area contributed by atoms with E-state index in [4.69, 9.17) is 5.14 Å². The second-order valence-electron chi connectivity index (χ2n) is 4.87. The van der Waals surface area contributed by atoms with E-state index in [0.717, 1.165) is 5.56 Å². The number of nitrogens with one attached hydrogen (secondary N) is 1. The first-order valence-electron chi connectivity index (χ1n) is 6.83. The van der Waals surface area contributed by atoms with Gasteiger partial charge in [0, 0.05) is 11.1 Å². The van der Waals surface area contributed by atoms with Crippen LogP contribution in [0.1, 0.15) is 21.5 Å². The highest BCUT2D eigenvalue weighted by Gasteiger charge is 2.14. The van der Waals surface area contributed by atoms with E-state index in [1.165, 1.54) is 12.1 Å². The van der Waals surface area contributed by atoms with Gasteiger partial charge in [0.15, 0.2) is 0 Å². The Hall–Kier alpha value is -2.62. The van der Waals surface area contributed by atoms with Crippen LogP contribution in [0, 0.1) is 18.8 Å². The van der Waals surface area contributed by atoms with Crippen LogP contribution in [0.2, 0.25) is 0 Å².